The van der Waals surface area contributed by atoms with E-state index in [-0.39, 0.29) is 6.04 Å². The third-order valence-corrected chi connectivity index (χ3v) is 3.69. The number of halogens is 3. The molecule has 1 aliphatic heterocycles. The van der Waals surface area contributed by atoms with Crippen LogP contribution in [0, 0.1) is 0 Å². The van der Waals surface area contributed by atoms with Gasteiger partial charge in [0.1, 0.15) is 5.82 Å². The first-order chi connectivity index (χ1) is 10.4. The van der Waals surface area contributed by atoms with Gasteiger partial charge in [-0.3, -0.25) is 4.90 Å². The lowest BCUT2D eigenvalue weighted by atomic mass is 10.2. The zero-order chi connectivity index (χ0) is 15.7. The molecule has 1 aliphatic rings. The van der Waals surface area contributed by atoms with E-state index in [0.29, 0.717) is 25.3 Å². The number of aromatic nitrogens is 3. The van der Waals surface area contributed by atoms with Gasteiger partial charge in [0.25, 0.3) is 0 Å². The zero-order valence-electron chi connectivity index (χ0n) is 11.7. The summed E-state index contributed by atoms with van der Waals surface area (Å²) in [5.41, 5.74) is 0.729. The first kappa shape index (κ1) is 15.0. The number of aliphatic hydroxyl groups excluding tert-OH is 1. The van der Waals surface area contributed by atoms with Crippen LogP contribution in [-0.4, -0.2) is 62.6 Å². The second-order valence-corrected chi connectivity index (χ2v) is 5.40. The number of aliphatic hydroxyl groups is 1. The normalized spacial score (nSPS) is 21.4. The first-order valence-corrected chi connectivity index (χ1v) is 6.96. The average molecular weight is 315 g/mol. The summed E-state index contributed by atoms with van der Waals surface area (Å²) >= 11 is 0. The summed E-state index contributed by atoms with van der Waals surface area (Å²) in [4.78, 5) is 5.69. The van der Waals surface area contributed by atoms with Gasteiger partial charge in [0.2, 0.25) is 0 Å². The molecule has 0 unspecified atom stereocenters. The van der Waals surface area contributed by atoms with Crippen LogP contribution in [0.4, 0.5) is 19.0 Å². The molecule has 3 heterocycles. The van der Waals surface area contributed by atoms with Crippen LogP contribution in [0.1, 0.15) is 6.42 Å². The van der Waals surface area contributed by atoms with Crippen molar-refractivity contribution in [1.29, 1.82) is 0 Å². The highest BCUT2D eigenvalue weighted by molar-refractivity contribution is 5.44. The Bertz CT molecular complexity index is 644. The molecule has 0 saturated carbocycles. The molecule has 2 atom stereocenters. The Hall–Kier alpha value is -1.87. The number of hydrogen-bond acceptors (Lipinski definition) is 5. The predicted octanol–water partition coefficient (Wildman–Crippen LogP) is 1.14. The number of nitrogens with zero attached hydrogens (tertiary/aromatic N) is 4. The maximum absolute atomic E-state index is 12.4. The molecular weight excluding hydrogens is 299 g/mol. The largest absolute Gasteiger partial charge is 0.415 e. The lowest BCUT2D eigenvalue weighted by Gasteiger charge is -2.22. The van der Waals surface area contributed by atoms with Gasteiger partial charge in [0, 0.05) is 38.1 Å². The fraction of sp³-hybridized carbons (Fsp3) is 0.538. The summed E-state index contributed by atoms with van der Waals surface area (Å²) in [6.07, 6.45) is -2.80. The molecule has 0 radical (unpaired) electrons. The number of alkyl halides is 3. The van der Waals surface area contributed by atoms with Crippen LogP contribution < -0.4 is 5.32 Å². The van der Waals surface area contributed by atoms with Gasteiger partial charge in [-0.1, -0.05) is 0 Å². The number of likely N-dealkylation sites (tertiary alicyclic amines) is 1. The lowest BCUT2D eigenvalue weighted by Crippen LogP contribution is -2.40. The van der Waals surface area contributed by atoms with Crippen molar-refractivity contribution in [3.8, 4) is 0 Å². The smallest absolute Gasteiger partial charge is 0.382 e. The second-order valence-electron chi connectivity index (χ2n) is 5.40. The van der Waals surface area contributed by atoms with E-state index >= 15 is 0 Å². The molecule has 6 nitrogen and oxygen atoms in total. The summed E-state index contributed by atoms with van der Waals surface area (Å²) < 4.78 is 38.7. The van der Waals surface area contributed by atoms with Gasteiger partial charge in [-0.15, -0.1) is 5.10 Å². The maximum Gasteiger partial charge on any atom is 0.415 e. The van der Waals surface area contributed by atoms with Crippen LogP contribution >= 0.6 is 0 Å². The Morgan fingerprint density at radius 2 is 2.23 bits per heavy atom. The van der Waals surface area contributed by atoms with Crippen molar-refractivity contribution in [3.05, 3.63) is 24.5 Å². The molecule has 22 heavy (non-hydrogen) atoms. The highest BCUT2D eigenvalue weighted by Gasteiger charge is 2.40. The van der Waals surface area contributed by atoms with E-state index in [1.54, 1.807) is 27.9 Å². The molecule has 120 valence electrons. The highest BCUT2D eigenvalue weighted by Crippen LogP contribution is 2.22. The van der Waals surface area contributed by atoms with Crippen molar-refractivity contribution in [3.63, 3.8) is 0 Å². The van der Waals surface area contributed by atoms with Crippen LogP contribution in [0.2, 0.25) is 0 Å². The Kier molecular flexibility index (Phi) is 3.92. The minimum absolute atomic E-state index is 0.00825. The molecule has 0 spiro atoms. The van der Waals surface area contributed by atoms with E-state index in [9.17, 15) is 13.2 Å². The summed E-state index contributed by atoms with van der Waals surface area (Å²) in [5, 5.41) is 16.6. The lowest BCUT2D eigenvalue weighted by molar-refractivity contribution is -0.207. The van der Waals surface area contributed by atoms with E-state index in [1.807, 2.05) is 6.07 Å². The van der Waals surface area contributed by atoms with E-state index < -0.39 is 18.8 Å². The molecule has 2 aromatic rings. The van der Waals surface area contributed by atoms with E-state index in [4.69, 9.17) is 5.11 Å². The number of anilines is 1. The minimum atomic E-state index is -4.57. The topological polar surface area (TPSA) is 65.7 Å². The molecule has 1 saturated heterocycles. The summed E-state index contributed by atoms with van der Waals surface area (Å²) in [6.45, 7) is 0.560. The quantitative estimate of drug-likeness (QED) is 0.886. The Morgan fingerprint density at radius 1 is 1.41 bits per heavy atom. The standard InChI is InChI=1S/C13H16F3N5O/c14-13(15,16)10(22)8-20-5-3-9(7-20)18-11-1-2-12-17-4-6-21(12)19-11/h1-2,4,6,9-10,22H,3,5,7-8H2,(H,18,19)/t9-,10-/m0/s1. The molecule has 0 aromatic carbocycles. The van der Waals surface area contributed by atoms with Gasteiger partial charge in [-0.25, -0.2) is 9.50 Å². The monoisotopic (exact) mass is 315 g/mol. The van der Waals surface area contributed by atoms with Crippen LogP contribution in [0.5, 0.6) is 0 Å². The minimum Gasteiger partial charge on any atom is -0.382 e. The van der Waals surface area contributed by atoms with Crippen molar-refractivity contribution >= 4 is 11.5 Å². The molecule has 0 bridgehead atoms. The molecule has 0 amide bonds. The van der Waals surface area contributed by atoms with Gasteiger partial charge in [-0.2, -0.15) is 13.2 Å². The molecule has 2 N–H and O–H groups in total. The number of imidazole rings is 1. The molecule has 1 fully saturated rings. The number of β-amino-alcohol motifs (C(OH)–C–C–N with tert-alkyl or cyclic N) is 1. The van der Waals surface area contributed by atoms with E-state index in [0.717, 1.165) is 5.65 Å². The number of fused-ring (bicyclic) bond motifs is 1. The molecule has 9 heteroatoms. The fourth-order valence-corrected chi connectivity index (χ4v) is 2.57. The first-order valence-electron chi connectivity index (χ1n) is 6.96. The average Bonchev–Trinajstić information content (AvgIpc) is 3.06. The third-order valence-electron chi connectivity index (χ3n) is 3.69. The van der Waals surface area contributed by atoms with E-state index in [1.165, 1.54) is 0 Å². The van der Waals surface area contributed by atoms with Gasteiger partial charge in [0.15, 0.2) is 11.8 Å². The number of rotatable bonds is 4. The Labute approximate surface area is 124 Å². The van der Waals surface area contributed by atoms with Crippen molar-refractivity contribution < 1.29 is 18.3 Å². The van der Waals surface area contributed by atoms with Crippen LogP contribution in [0.15, 0.2) is 24.5 Å². The third kappa shape index (κ3) is 3.30. The highest BCUT2D eigenvalue weighted by atomic mass is 19.4. The van der Waals surface area contributed by atoms with Gasteiger partial charge < -0.3 is 10.4 Å². The SMILES string of the molecule is O[C@@H](CN1CC[C@H](Nc2ccc3nccn3n2)C1)C(F)(F)F. The van der Waals surface area contributed by atoms with Crippen molar-refractivity contribution in [1.82, 2.24) is 19.5 Å². The van der Waals surface area contributed by atoms with Crippen LogP contribution in [0.25, 0.3) is 5.65 Å². The molecule has 2 aromatic heterocycles. The Balaban J connectivity index is 1.56. The summed E-state index contributed by atoms with van der Waals surface area (Å²) in [7, 11) is 0. The van der Waals surface area contributed by atoms with E-state index in [2.05, 4.69) is 15.4 Å². The summed E-state index contributed by atoms with van der Waals surface area (Å²) in [6, 6.07) is 3.61. The van der Waals surface area contributed by atoms with Gasteiger partial charge >= 0.3 is 6.18 Å². The number of nitrogens with one attached hydrogen (secondary N) is 1. The van der Waals surface area contributed by atoms with Gasteiger partial charge in [-0.05, 0) is 18.6 Å². The van der Waals surface area contributed by atoms with Crippen molar-refractivity contribution in [2.75, 3.05) is 25.0 Å². The summed E-state index contributed by atoms with van der Waals surface area (Å²) in [5.74, 6) is 0.647. The fourth-order valence-electron chi connectivity index (χ4n) is 2.57. The molecule has 0 aliphatic carbocycles. The van der Waals surface area contributed by atoms with Crippen molar-refractivity contribution in [2.45, 2.75) is 24.7 Å². The van der Waals surface area contributed by atoms with Crippen LogP contribution in [-0.2, 0) is 0 Å². The zero-order valence-corrected chi connectivity index (χ0v) is 11.7. The van der Waals surface area contributed by atoms with Gasteiger partial charge in [0.05, 0.1) is 0 Å². The maximum atomic E-state index is 12.4. The molecular formula is C13H16F3N5O. The Morgan fingerprint density at radius 3 is 3.00 bits per heavy atom. The second kappa shape index (κ2) is 5.73. The van der Waals surface area contributed by atoms with Crippen molar-refractivity contribution in [2.24, 2.45) is 0 Å². The van der Waals surface area contributed by atoms with Crippen LogP contribution in [0.3, 0.4) is 0 Å². The predicted molar refractivity (Wildman–Crippen MR) is 73.5 cm³/mol. The number of hydrogen-bond donors (Lipinski definition) is 2. The molecule has 3 rings (SSSR count).